The molecule has 0 saturated carbocycles. The Morgan fingerprint density at radius 2 is 1.65 bits per heavy atom. The van der Waals surface area contributed by atoms with Gasteiger partial charge in [-0.25, -0.2) is 10.2 Å². The molecule has 3 aliphatic heterocycles. The third-order valence-electron chi connectivity index (χ3n) is 2.83. The minimum Gasteiger partial charge on any atom is -0.372 e. The highest BCUT2D eigenvalue weighted by Gasteiger charge is 2.31. The van der Waals surface area contributed by atoms with E-state index in [4.69, 9.17) is 14.2 Å². The molecule has 7 nitrogen and oxygen atoms in total. The van der Waals surface area contributed by atoms with Crippen molar-refractivity contribution in [3.05, 3.63) is 0 Å². The molecule has 0 spiro atoms. The van der Waals surface area contributed by atoms with Crippen molar-refractivity contribution in [2.45, 2.75) is 18.3 Å². The average molecular weight is 243 g/mol. The summed E-state index contributed by atoms with van der Waals surface area (Å²) in [5, 5.41) is 4.40. The van der Waals surface area contributed by atoms with Crippen LogP contribution in [-0.4, -0.2) is 68.8 Å². The SMILES string of the molecule is O=C(NCC1CO1)N(CC1CO1)NCC1CO1. The van der Waals surface area contributed by atoms with Crippen LogP contribution in [0.1, 0.15) is 0 Å². The lowest BCUT2D eigenvalue weighted by molar-refractivity contribution is 0.158. The van der Waals surface area contributed by atoms with Crippen molar-refractivity contribution in [2.75, 3.05) is 39.5 Å². The minimum atomic E-state index is -0.128. The predicted octanol–water partition coefficient (Wildman–Crippen LogP) is -1.30. The second-order valence-electron chi connectivity index (χ2n) is 4.52. The molecule has 0 aromatic heterocycles. The average Bonchev–Trinajstić information content (AvgIpc) is 3.12. The zero-order valence-electron chi connectivity index (χ0n) is 9.55. The van der Waals surface area contributed by atoms with E-state index in [9.17, 15) is 4.79 Å². The third kappa shape index (κ3) is 3.81. The third-order valence-corrected chi connectivity index (χ3v) is 2.83. The summed E-state index contributed by atoms with van der Waals surface area (Å²) in [7, 11) is 0. The number of hydrogen-bond acceptors (Lipinski definition) is 5. The highest BCUT2D eigenvalue weighted by molar-refractivity contribution is 5.73. The highest BCUT2D eigenvalue weighted by Crippen LogP contribution is 2.12. The van der Waals surface area contributed by atoms with Crippen molar-refractivity contribution in [3.63, 3.8) is 0 Å². The summed E-state index contributed by atoms with van der Waals surface area (Å²) in [5.41, 5.74) is 3.07. The summed E-state index contributed by atoms with van der Waals surface area (Å²) >= 11 is 0. The second kappa shape index (κ2) is 4.77. The number of nitrogens with one attached hydrogen (secondary N) is 2. The standard InChI is InChI=1S/C10H17N3O4/c14-10(11-1-7-4-15-7)13(3-9-6-17-9)12-2-8-5-16-8/h7-9,12H,1-6H2,(H,11,14). The molecule has 0 radical (unpaired) electrons. The van der Waals surface area contributed by atoms with E-state index in [0.717, 1.165) is 19.8 Å². The van der Waals surface area contributed by atoms with Crippen LogP contribution in [0.25, 0.3) is 0 Å². The van der Waals surface area contributed by atoms with Gasteiger partial charge in [-0.2, -0.15) is 0 Å². The molecule has 3 saturated heterocycles. The van der Waals surface area contributed by atoms with Crippen LogP contribution in [0.3, 0.4) is 0 Å². The van der Waals surface area contributed by atoms with E-state index in [2.05, 4.69) is 10.7 Å². The number of hydrazine groups is 1. The summed E-state index contributed by atoms with van der Waals surface area (Å²) < 4.78 is 15.3. The molecule has 3 heterocycles. The van der Waals surface area contributed by atoms with Gasteiger partial charge < -0.3 is 19.5 Å². The maximum absolute atomic E-state index is 11.9. The van der Waals surface area contributed by atoms with E-state index in [0.29, 0.717) is 19.6 Å². The fraction of sp³-hybridized carbons (Fsp3) is 0.900. The summed E-state index contributed by atoms with van der Waals surface area (Å²) in [6, 6.07) is -0.128. The van der Waals surface area contributed by atoms with Crippen LogP contribution < -0.4 is 10.7 Å². The number of epoxide rings is 3. The number of amides is 2. The van der Waals surface area contributed by atoms with Crippen LogP contribution in [0, 0.1) is 0 Å². The molecule has 0 aromatic rings. The lowest BCUT2D eigenvalue weighted by Gasteiger charge is -2.22. The molecule has 0 aliphatic carbocycles. The molecule has 2 amide bonds. The van der Waals surface area contributed by atoms with Gasteiger partial charge in [0.25, 0.3) is 0 Å². The first-order valence-electron chi connectivity index (χ1n) is 5.95. The van der Waals surface area contributed by atoms with Gasteiger partial charge in [0.15, 0.2) is 0 Å². The topological polar surface area (TPSA) is 82.0 Å². The van der Waals surface area contributed by atoms with Crippen LogP contribution in [-0.2, 0) is 14.2 Å². The van der Waals surface area contributed by atoms with Crippen LogP contribution in [0.15, 0.2) is 0 Å². The highest BCUT2D eigenvalue weighted by atomic mass is 16.6. The molecule has 3 atom stereocenters. The van der Waals surface area contributed by atoms with Crippen molar-refractivity contribution in [1.29, 1.82) is 0 Å². The minimum absolute atomic E-state index is 0.128. The summed E-state index contributed by atoms with van der Waals surface area (Å²) in [6.07, 6.45) is 0.618. The summed E-state index contributed by atoms with van der Waals surface area (Å²) in [5.74, 6) is 0. The first-order valence-corrected chi connectivity index (χ1v) is 5.95. The van der Waals surface area contributed by atoms with E-state index in [1.54, 1.807) is 5.01 Å². The fourth-order valence-corrected chi connectivity index (χ4v) is 1.48. The van der Waals surface area contributed by atoms with Crippen molar-refractivity contribution >= 4 is 6.03 Å². The van der Waals surface area contributed by atoms with Gasteiger partial charge in [0, 0.05) is 13.1 Å². The number of carbonyl (C=O) groups is 1. The maximum Gasteiger partial charge on any atom is 0.331 e. The van der Waals surface area contributed by atoms with E-state index in [-0.39, 0.29) is 24.3 Å². The van der Waals surface area contributed by atoms with E-state index in [1.165, 1.54) is 0 Å². The maximum atomic E-state index is 11.9. The number of urea groups is 1. The van der Waals surface area contributed by atoms with Gasteiger partial charge in [0.2, 0.25) is 0 Å². The number of carbonyl (C=O) groups excluding carboxylic acids is 1. The molecule has 0 aromatic carbocycles. The Bertz CT molecular complexity index is 289. The van der Waals surface area contributed by atoms with Crippen molar-refractivity contribution < 1.29 is 19.0 Å². The quantitative estimate of drug-likeness (QED) is 0.429. The smallest absolute Gasteiger partial charge is 0.331 e. The van der Waals surface area contributed by atoms with Crippen LogP contribution in [0.4, 0.5) is 4.79 Å². The number of hydrogen-bond donors (Lipinski definition) is 2. The lowest BCUT2D eigenvalue weighted by atomic mass is 10.4. The molecule has 0 bridgehead atoms. The molecule has 3 aliphatic rings. The predicted molar refractivity (Wildman–Crippen MR) is 57.3 cm³/mol. The normalized spacial score (nSPS) is 33.1. The Hall–Kier alpha value is -0.890. The van der Waals surface area contributed by atoms with E-state index in [1.807, 2.05) is 0 Å². The first-order chi connectivity index (χ1) is 8.31. The van der Waals surface area contributed by atoms with Gasteiger partial charge in [0.05, 0.1) is 38.6 Å². The molecule has 17 heavy (non-hydrogen) atoms. The Balaban J connectivity index is 1.42. The molecule has 3 rings (SSSR count). The number of nitrogens with zero attached hydrogens (tertiary/aromatic N) is 1. The van der Waals surface area contributed by atoms with Gasteiger partial charge in [-0.05, 0) is 0 Å². The molecule has 7 heteroatoms. The van der Waals surface area contributed by atoms with Crippen molar-refractivity contribution in [2.24, 2.45) is 0 Å². The van der Waals surface area contributed by atoms with E-state index < -0.39 is 0 Å². The zero-order valence-corrected chi connectivity index (χ0v) is 9.55. The fourth-order valence-electron chi connectivity index (χ4n) is 1.48. The Morgan fingerprint density at radius 3 is 2.24 bits per heavy atom. The van der Waals surface area contributed by atoms with Crippen molar-refractivity contribution in [3.8, 4) is 0 Å². The second-order valence-corrected chi connectivity index (χ2v) is 4.52. The summed E-state index contributed by atoms with van der Waals surface area (Å²) in [6.45, 7) is 4.07. The number of rotatable bonds is 7. The Kier molecular flexibility index (Phi) is 3.15. The van der Waals surface area contributed by atoms with Gasteiger partial charge in [-0.3, -0.25) is 5.01 Å². The van der Waals surface area contributed by atoms with Gasteiger partial charge in [0.1, 0.15) is 6.10 Å². The monoisotopic (exact) mass is 243 g/mol. The van der Waals surface area contributed by atoms with Gasteiger partial charge >= 0.3 is 6.03 Å². The van der Waals surface area contributed by atoms with Crippen molar-refractivity contribution in [1.82, 2.24) is 15.8 Å². The molecule has 3 fully saturated rings. The largest absolute Gasteiger partial charge is 0.372 e. The van der Waals surface area contributed by atoms with Gasteiger partial charge in [-0.15, -0.1) is 0 Å². The molecular formula is C10H17N3O4. The molecule has 3 unspecified atom stereocenters. The van der Waals surface area contributed by atoms with E-state index >= 15 is 0 Å². The summed E-state index contributed by atoms with van der Waals surface area (Å²) in [4.78, 5) is 11.9. The number of ether oxygens (including phenoxy) is 3. The van der Waals surface area contributed by atoms with Crippen LogP contribution >= 0.6 is 0 Å². The Morgan fingerprint density at radius 1 is 1.06 bits per heavy atom. The van der Waals surface area contributed by atoms with Crippen LogP contribution in [0.2, 0.25) is 0 Å². The van der Waals surface area contributed by atoms with Crippen LogP contribution in [0.5, 0.6) is 0 Å². The zero-order chi connectivity index (χ0) is 11.7. The lowest BCUT2D eigenvalue weighted by Crippen LogP contribution is -2.51. The van der Waals surface area contributed by atoms with Gasteiger partial charge in [-0.1, -0.05) is 0 Å². The molecule has 96 valence electrons. The molecule has 2 N–H and O–H groups in total. The molecular weight excluding hydrogens is 226 g/mol. The first kappa shape index (κ1) is 11.2. The Labute approximate surface area is 99.3 Å².